The molecule has 0 atom stereocenters. The van der Waals surface area contributed by atoms with Crippen molar-refractivity contribution >= 4 is 19.7 Å². The summed E-state index contributed by atoms with van der Waals surface area (Å²) in [6.45, 7) is 8.83. The van der Waals surface area contributed by atoms with Gasteiger partial charge in [-0.05, 0) is 0 Å². The van der Waals surface area contributed by atoms with E-state index in [-0.39, 0.29) is 0 Å². The minimum atomic E-state index is -2.09. The molecular weight excluding hydrogens is 255 g/mol. The van der Waals surface area contributed by atoms with Crippen LogP contribution in [0.1, 0.15) is 40.5 Å². The van der Waals surface area contributed by atoms with Crippen molar-refractivity contribution in [1.82, 2.24) is 0 Å². The zero-order chi connectivity index (χ0) is 9.56. The van der Waals surface area contributed by atoms with Gasteiger partial charge in [-0.25, -0.2) is 0 Å². The molecule has 0 saturated heterocycles. The molecule has 1 nitrogen and oxygen atoms in total. The predicted molar refractivity (Wildman–Crippen MR) is 55.0 cm³/mol. The van der Waals surface area contributed by atoms with Crippen LogP contribution >= 0.6 is 0 Å². The molecule has 0 spiro atoms. The van der Waals surface area contributed by atoms with Crippen molar-refractivity contribution in [2.45, 2.75) is 49.4 Å². The van der Waals surface area contributed by atoms with Crippen molar-refractivity contribution in [3.05, 3.63) is 0 Å². The van der Waals surface area contributed by atoms with Crippen LogP contribution in [-0.4, -0.2) is 19.7 Å². The molecule has 0 rings (SSSR count). The Morgan fingerprint density at radius 3 is 1.50 bits per heavy atom. The van der Waals surface area contributed by atoms with Gasteiger partial charge in [0.2, 0.25) is 0 Å². The van der Waals surface area contributed by atoms with E-state index in [9.17, 15) is 3.08 Å². The van der Waals surface area contributed by atoms with Crippen molar-refractivity contribution in [2.75, 3.05) is 0 Å². The quantitative estimate of drug-likeness (QED) is 0.679. The average molecular weight is 277 g/mol. The van der Waals surface area contributed by atoms with Crippen LogP contribution in [-0.2, 0) is 3.08 Å². The molecule has 0 unspecified atom stereocenters. The fraction of sp³-hybridized carbons (Fsp3) is 1.00. The maximum atomic E-state index is 11.5. The van der Waals surface area contributed by atoms with Gasteiger partial charge in [-0.1, -0.05) is 0 Å². The molecule has 0 radical (unpaired) electrons. The van der Waals surface area contributed by atoms with Gasteiger partial charge in [0, 0.05) is 0 Å². The Kier molecular flexibility index (Phi) is 7.40. The molecule has 0 aliphatic rings. The van der Waals surface area contributed by atoms with E-state index in [1.54, 1.807) is 0 Å². The summed E-state index contributed by atoms with van der Waals surface area (Å²) in [6, 6.07) is 0. The second kappa shape index (κ2) is 7.05. The summed E-state index contributed by atoms with van der Waals surface area (Å²) >= 11 is -2.09. The summed E-state index contributed by atoms with van der Waals surface area (Å²) in [4.78, 5) is 0. The number of hydrogen-bond donors (Lipinski definition) is 0. The molecule has 12 heavy (non-hydrogen) atoms. The van der Waals surface area contributed by atoms with Crippen LogP contribution in [0.3, 0.4) is 0 Å². The van der Waals surface area contributed by atoms with Crippen molar-refractivity contribution < 1.29 is 3.08 Å². The van der Waals surface area contributed by atoms with Crippen LogP contribution in [0.25, 0.3) is 0 Å². The summed E-state index contributed by atoms with van der Waals surface area (Å²) in [5.41, 5.74) is 0. The summed E-state index contributed by atoms with van der Waals surface area (Å²) in [6.07, 6.45) is 2.35. The van der Waals surface area contributed by atoms with Crippen LogP contribution in [0.5, 0.6) is 0 Å². The summed E-state index contributed by atoms with van der Waals surface area (Å²) in [5.74, 6) is 1.46. The molecule has 2 heteroatoms. The molecule has 0 bridgehead atoms. The van der Waals surface area contributed by atoms with E-state index >= 15 is 0 Å². The Labute approximate surface area is 84.1 Å². The molecule has 0 N–H and O–H groups in total. The SMILES string of the molecule is CC(C)C[CH2][Sn](=[O])[CH2]CC(C)C. The van der Waals surface area contributed by atoms with Gasteiger partial charge in [0.05, 0.1) is 0 Å². The monoisotopic (exact) mass is 278 g/mol. The van der Waals surface area contributed by atoms with Crippen LogP contribution in [0.15, 0.2) is 0 Å². The van der Waals surface area contributed by atoms with E-state index in [0.717, 1.165) is 20.7 Å². The fourth-order valence-electron chi connectivity index (χ4n) is 1.02. The summed E-state index contributed by atoms with van der Waals surface area (Å²) < 4.78 is 13.7. The third kappa shape index (κ3) is 8.69. The molecule has 72 valence electrons. The Balaban J connectivity index is 3.34. The van der Waals surface area contributed by atoms with Crippen molar-refractivity contribution in [3.63, 3.8) is 0 Å². The van der Waals surface area contributed by atoms with Crippen molar-refractivity contribution in [1.29, 1.82) is 0 Å². The molecule has 0 aliphatic carbocycles. The molecule has 0 aromatic rings. The Bertz CT molecular complexity index is 116. The van der Waals surface area contributed by atoms with E-state index in [0.29, 0.717) is 0 Å². The standard InChI is InChI=1S/2C5H11.O.Sn/c2*1-4-5(2)3;;/h2*5H,1,4H2,2-3H3;;. The third-order valence-corrected chi connectivity index (χ3v) is 6.83. The number of hydrogen-bond acceptors (Lipinski definition) is 1. The van der Waals surface area contributed by atoms with Crippen LogP contribution in [0.4, 0.5) is 0 Å². The van der Waals surface area contributed by atoms with Crippen molar-refractivity contribution in [2.24, 2.45) is 11.8 Å². The first-order valence-corrected chi connectivity index (χ1v) is 10.2. The van der Waals surface area contributed by atoms with E-state index in [2.05, 4.69) is 27.7 Å². The first-order chi connectivity index (χ1) is 5.52. The van der Waals surface area contributed by atoms with E-state index in [1.807, 2.05) is 0 Å². The van der Waals surface area contributed by atoms with E-state index in [1.165, 1.54) is 12.8 Å². The van der Waals surface area contributed by atoms with Gasteiger partial charge in [0.15, 0.2) is 0 Å². The van der Waals surface area contributed by atoms with E-state index in [4.69, 9.17) is 0 Å². The van der Waals surface area contributed by atoms with Gasteiger partial charge < -0.3 is 0 Å². The Morgan fingerprint density at radius 1 is 0.917 bits per heavy atom. The van der Waals surface area contributed by atoms with Gasteiger partial charge >= 0.3 is 84.1 Å². The molecule has 0 amide bonds. The zero-order valence-corrected chi connectivity index (χ0v) is 11.7. The first-order valence-electron chi connectivity index (χ1n) is 5.04. The molecule has 0 aliphatic heterocycles. The normalized spacial score (nSPS) is 11.2. The summed E-state index contributed by atoms with van der Waals surface area (Å²) in [7, 11) is 0. The van der Waals surface area contributed by atoms with Gasteiger partial charge in [0.25, 0.3) is 0 Å². The van der Waals surface area contributed by atoms with Gasteiger partial charge in [-0.2, -0.15) is 0 Å². The topological polar surface area (TPSA) is 17.1 Å². The van der Waals surface area contributed by atoms with E-state index < -0.39 is 19.7 Å². The molecule has 0 heterocycles. The van der Waals surface area contributed by atoms with Gasteiger partial charge in [-0.3, -0.25) is 0 Å². The molecular formula is C10H22OSn. The third-order valence-electron chi connectivity index (χ3n) is 2.00. The summed E-state index contributed by atoms with van der Waals surface area (Å²) in [5, 5.41) is 0. The Hall–Kier alpha value is 0.599. The van der Waals surface area contributed by atoms with Gasteiger partial charge in [0.1, 0.15) is 0 Å². The zero-order valence-electron chi connectivity index (χ0n) is 8.89. The van der Waals surface area contributed by atoms with Crippen LogP contribution in [0.2, 0.25) is 8.87 Å². The number of rotatable bonds is 6. The molecule has 0 saturated carbocycles. The van der Waals surface area contributed by atoms with Crippen LogP contribution in [0, 0.1) is 11.8 Å². The maximum absolute atomic E-state index is 11.5. The fourth-order valence-corrected chi connectivity index (χ4v) is 6.87. The molecule has 0 aromatic carbocycles. The molecule has 0 fully saturated rings. The molecule has 0 aromatic heterocycles. The average Bonchev–Trinajstić information content (AvgIpc) is 1.96. The van der Waals surface area contributed by atoms with Crippen LogP contribution < -0.4 is 0 Å². The van der Waals surface area contributed by atoms with Gasteiger partial charge in [-0.15, -0.1) is 0 Å². The Morgan fingerprint density at radius 2 is 1.25 bits per heavy atom. The minimum absolute atomic E-state index is 0.730. The second-order valence-corrected chi connectivity index (χ2v) is 10.3. The first kappa shape index (κ1) is 12.6. The second-order valence-electron chi connectivity index (χ2n) is 4.40. The van der Waals surface area contributed by atoms with Crippen molar-refractivity contribution in [3.8, 4) is 0 Å². The predicted octanol–water partition coefficient (Wildman–Crippen LogP) is 3.50.